The molecule has 0 bridgehead atoms. The Balaban J connectivity index is 2.20. The number of benzene rings is 1. The van der Waals surface area contributed by atoms with E-state index in [1.807, 2.05) is 17.6 Å². The number of anilines is 1. The quantitative estimate of drug-likeness (QED) is 0.884. The van der Waals surface area contributed by atoms with E-state index in [1.165, 1.54) is 11.3 Å². The number of hydrogen-bond acceptors (Lipinski definition) is 4. The highest BCUT2D eigenvalue weighted by molar-refractivity contribution is 7.07. The van der Waals surface area contributed by atoms with Crippen molar-refractivity contribution in [2.75, 3.05) is 11.9 Å². The Hall–Kier alpha value is -1.10. The van der Waals surface area contributed by atoms with Crippen LogP contribution in [-0.2, 0) is 13.0 Å². The molecular formula is C15H20ClN3S. The molecule has 1 aromatic heterocycles. The van der Waals surface area contributed by atoms with E-state index in [9.17, 15) is 0 Å². The summed E-state index contributed by atoms with van der Waals surface area (Å²) in [5.74, 6) is 0. The largest absolute Gasteiger partial charge is 0.368 e. The first-order valence-corrected chi connectivity index (χ1v) is 8.04. The smallest absolute Gasteiger partial charge is 0.0795 e. The van der Waals surface area contributed by atoms with Crippen molar-refractivity contribution in [3.05, 3.63) is 45.4 Å². The summed E-state index contributed by atoms with van der Waals surface area (Å²) in [4.78, 5) is 6.53. The maximum absolute atomic E-state index is 6.12. The number of hydrogen-bond donors (Lipinski definition) is 1. The molecule has 108 valence electrons. The van der Waals surface area contributed by atoms with Gasteiger partial charge in [0.1, 0.15) is 0 Å². The monoisotopic (exact) mass is 309 g/mol. The lowest BCUT2D eigenvalue weighted by Gasteiger charge is -2.23. The summed E-state index contributed by atoms with van der Waals surface area (Å²) in [6, 6.07) is 6.17. The van der Waals surface area contributed by atoms with Crippen LogP contribution in [0.2, 0.25) is 5.02 Å². The Labute approximate surface area is 129 Å². The molecule has 0 radical (unpaired) electrons. The number of aromatic nitrogens is 1. The zero-order valence-electron chi connectivity index (χ0n) is 11.8. The van der Waals surface area contributed by atoms with Crippen molar-refractivity contribution in [2.24, 2.45) is 5.73 Å². The number of rotatable bonds is 6. The minimum Gasteiger partial charge on any atom is -0.368 e. The molecule has 0 aliphatic carbocycles. The third-order valence-electron chi connectivity index (χ3n) is 3.34. The van der Waals surface area contributed by atoms with E-state index in [2.05, 4.69) is 35.3 Å². The Morgan fingerprint density at radius 3 is 2.90 bits per heavy atom. The molecule has 0 spiro atoms. The molecule has 0 fully saturated rings. The highest BCUT2D eigenvalue weighted by atomic mass is 35.5. The first kappa shape index (κ1) is 15.3. The predicted octanol–water partition coefficient (Wildman–Crippen LogP) is 3.71. The SMILES string of the molecule is CCC(N)Cc1cc(Cl)ccc1N(C)Cc1cscn1. The fourth-order valence-corrected chi connectivity index (χ4v) is 2.90. The highest BCUT2D eigenvalue weighted by Crippen LogP contribution is 2.26. The van der Waals surface area contributed by atoms with Gasteiger partial charge in [0.2, 0.25) is 0 Å². The van der Waals surface area contributed by atoms with Crippen LogP contribution in [0, 0.1) is 0 Å². The van der Waals surface area contributed by atoms with Gasteiger partial charge in [-0.1, -0.05) is 18.5 Å². The summed E-state index contributed by atoms with van der Waals surface area (Å²) < 4.78 is 0. The predicted molar refractivity (Wildman–Crippen MR) is 87.6 cm³/mol. The van der Waals surface area contributed by atoms with Gasteiger partial charge < -0.3 is 10.6 Å². The van der Waals surface area contributed by atoms with Crippen LogP contribution in [-0.4, -0.2) is 18.1 Å². The summed E-state index contributed by atoms with van der Waals surface area (Å²) in [6.07, 6.45) is 1.80. The lowest BCUT2D eigenvalue weighted by molar-refractivity contribution is 0.645. The average molecular weight is 310 g/mol. The lowest BCUT2D eigenvalue weighted by atomic mass is 10.0. The minimum atomic E-state index is 0.167. The van der Waals surface area contributed by atoms with Crippen molar-refractivity contribution in [2.45, 2.75) is 32.4 Å². The van der Waals surface area contributed by atoms with Crippen LogP contribution in [0.25, 0.3) is 0 Å². The van der Waals surface area contributed by atoms with E-state index in [-0.39, 0.29) is 6.04 Å². The second kappa shape index (κ2) is 7.07. The van der Waals surface area contributed by atoms with Gasteiger partial charge in [-0.15, -0.1) is 11.3 Å². The van der Waals surface area contributed by atoms with E-state index in [4.69, 9.17) is 17.3 Å². The lowest BCUT2D eigenvalue weighted by Crippen LogP contribution is -2.24. The van der Waals surface area contributed by atoms with Gasteiger partial charge in [-0.3, -0.25) is 0 Å². The van der Waals surface area contributed by atoms with Gasteiger partial charge >= 0.3 is 0 Å². The normalized spacial score (nSPS) is 12.4. The molecule has 3 nitrogen and oxygen atoms in total. The fourth-order valence-electron chi connectivity index (χ4n) is 2.16. The molecule has 0 saturated heterocycles. The molecule has 1 aromatic carbocycles. The van der Waals surface area contributed by atoms with Crippen LogP contribution in [0.15, 0.2) is 29.1 Å². The second-order valence-electron chi connectivity index (χ2n) is 4.98. The van der Waals surface area contributed by atoms with Gasteiger partial charge in [0.25, 0.3) is 0 Å². The molecule has 0 saturated carbocycles. The number of halogens is 1. The van der Waals surface area contributed by atoms with Crippen molar-refractivity contribution in [1.29, 1.82) is 0 Å². The third kappa shape index (κ3) is 3.95. The van der Waals surface area contributed by atoms with Gasteiger partial charge in [-0.05, 0) is 36.6 Å². The van der Waals surface area contributed by atoms with Gasteiger partial charge in [-0.2, -0.15) is 0 Å². The fraction of sp³-hybridized carbons (Fsp3) is 0.400. The minimum absolute atomic E-state index is 0.167. The van der Waals surface area contributed by atoms with Gasteiger partial charge in [-0.25, -0.2) is 4.98 Å². The van der Waals surface area contributed by atoms with Crippen molar-refractivity contribution in [1.82, 2.24) is 4.98 Å². The number of nitrogens with zero attached hydrogens (tertiary/aromatic N) is 2. The standard InChI is InChI=1S/C15H20ClN3S/c1-3-13(17)7-11-6-12(16)4-5-15(11)19(2)8-14-9-20-10-18-14/h4-6,9-10,13H,3,7-8,17H2,1-2H3. The number of thiazole rings is 1. The van der Waals surface area contributed by atoms with Crippen LogP contribution in [0.4, 0.5) is 5.69 Å². The van der Waals surface area contributed by atoms with Crippen LogP contribution < -0.4 is 10.6 Å². The van der Waals surface area contributed by atoms with Crippen LogP contribution in [0.3, 0.4) is 0 Å². The summed E-state index contributed by atoms with van der Waals surface area (Å²) in [5, 5.41) is 2.83. The molecule has 1 atom stereocenters. The first-order valence-electron chi connectivity index (χ1n) is 6.72. The highest BCUT2D eigenvalue weighted by Gasteiger charge is 2.12. The Kier molecular flexibility index (Phi) is 5.40. The van der Waals surface area contributed by atoms with Crippen molar-refractivity contribution in [3.63, 3.8) is 0 Å². The molecule has 2 aromatic rings. The molecular weight excluding hydrogens is 290 g/mol. The van der Waals surface area contributed by atoms with E-state index in [0.29, 0.717) is 0 Å². The van der Waals surface area contributed by atoms with E-state index in [0.717, 1.165) is 30.1 Å². The van der Waals surface area contributed by atoms with E-state index >= 15 is 0 Å². The van der Waals surface area contributed by atoms with Crippen molar-refractivity contribution in [3.8, 4) is 0 Å². The molecule has 0 amide bonds. The Morgan fingerprint density at radius 2 is 2.25 bits per heavy atom. The van der Waals surface area contributed by atoms with Crippen LogP contribution >= 0.6 is 22.9 Å². The zero-order valence-corrected chi connectivity index (χ0v) is 13.4. The molecule has 5 heteroatoms. The van der Waals surface area contributed by atoms with Crippen molar-refractivity contribution >= 4 is 28.6 Å². The maximum atomic E-state index is 6.12. The molecule has 0 aliphatic rings. The van der Waals surface area contributed by atoms with Gasteiger partial charge in [0.05, 0.1) is 17.7 Å². The molecule has 1 heterocycles. The average Bonchev–Trinajstić information content (AvgIpc) is 2.91. The Morgan fingerprint density at radius 1 is 1.45 bits per heavy atom. The third-order valence-corrected chi connectivity index (χ3v) is 4.21. The molecule has 20 heavy (non-hydrogen) atoms. The molecule has 2 rings (SSSR count). The van der Waals surface area contributed by atoms with Gasteiger partial charge in [0, 0.05) is 29.2 Å². The van der Waals surface area contributed by atoms with E-state index in [1.54, 1.807) is 11.3 Å². The Bertz CT molecular complexity index is 542. The summed E-state index contributed by atoms with van der Waals surface area (Å²) in [6.45, 7) is 2.90. The van der Waals surface area contributed by atoms with Gasteiger partial charge in [0.15, 0.2) is 0 Å². The summed E-state index contributed by atoms with van der Waals surface area (Å²) in [7, 11) is 2.07. The van der Waals surface area contributed by atoms with E-state index < -0.39 is 0 Å². The summed E-state index contributed by atoms with van der Waals surface area (Å²) in [5.41, 5.74) is 11.4. The second-order valence-corrected chi connectivity index (χ2v) is 6.14. The van der Waals surface area contributed by atoms with Crippen molar-refractivity contribution < 1.29 is 0 Å². The van der Waals surface area contributed by atoms with Crippen LogP contribution in [0.5, 0.6) is 0 Å². The molecule has 0 aliphatic heterocycles. The molecule has 2 N–H and O–H groups in total. The first-order chi connectivity index (χ1) is 9.60. The maximum Gasteiger partial charge on any atom is 0.0795 e. The van der Waals surface area contributed by atoms with Crippen LogP contribution in [0.1, 0.15) is 24.6 Å². The number of nitrogens with two attached hydrogens (primary N) is 1. The molecule has 1 unspecified atom stereocenters. The zero-order chi connectivity index (χ0) is 14.5. The summed E-state index contributed by atoms with van der Waals surface area (Å²) >= 11 is 7.74. The topological polar surface area (TPSA) is 42.1 Å².